The summed E-state index contributed by atoms with van der Waals surface area (Å²) in [5, 5.41) is 0. The molecule has 88 valence electrons. The summed E-state index contributed by atoms with van der Waals surface area (Å²) < 4.78 is 1.17. The monoisotopic (exact) mass is 282 g/mol. The van der Waals surface area contributed by atoms with Crippen molar-refractivity contribution < 1.29 is 0 Å². The van der Waals surface area contributed by atoms with Gasteiger partial charge in [0, 0.05) is 23.1 Å². The van der Waals surface area contributed by atoms with Crippen LogP contribution in [0.5, 0.6) is 0 Å². The van der Waals surface area contributed by atoms with Crippen LogP contribution in [0.2, 0.25) is 0 Å². The third-order valence-electron chi connectivity index (χ3n) is 3.47. The minimum atomic E-state index is 0.276. The van der Waals surface area contributed by atoms with Gasteiger partial charge in [-0.3, -0.25) is 4.90 Å². The maximum absolute atomic E-state index is 5.69. The van der Waals surface area contributed by atoms with Gasteiger partial charge in [0.15, 0.2) is 0 Å². The molecule has 1 aromatic rings. The van der Waals surface area contributed by atoms with E-state index in [9.17, 15) is 0 Å². The lowest BCUT2D eigenvalue weighted by molar-refractivity contribution is 0.192. The van der Waals surface area contributed by atoms with Crippen LogP contribution in [0.25, 0.3) is 0 Å². The summed E-state index contributed by atoms with van der Waals surface area (Å²) in [6.45, 7) is 5.02. The van der Waals surface area contributed by atoms with E-state index in [1.54, 1.807) is 0 Å². The highest BCUT2D eigenvalue weighted by Gasteiger charge is 2.48. The highest BCUT2D eigenvalue weighted by atomic mass is 79.9. The molecule has 0 atom stereocenters. The van der Waals surface area contributed by atoms with Crippen molar-refractivity contribution in [1.29, 1.82) is 0 Å². The summed E-state index contributed by atoms with van der Waals surface area (Å²) in [5.74, 6) is 0. The van der Waals surface area contributed by atoms with Crippen LogP contribution in [-0.4, -0.2) is 24.5 Å². The maximum atomic E-state index is 5.69. The van der Waals surface area contributed by atoms with Gasteiger partial charge < -0.3 is 5.73 Å². The second-order valence-electron chi connectivity index (χ2n) is 4.41. The van der Waals surface area contributed by atoms with Crippen LogP contribution in [0.15, 0.2) is 28.7 Å². The van der Waals surface area contributed by atoms with E-state index in [4.69, 9.17) is 5.73 Å². The van der Waals surface area contributed by atoms with Crippen molar-refractivity contribution in [2.45, 2.75) is 25.3 Å². The Morgan fingerprint density at radius 3 is 2.69 bits per heavy atom. The predicted octanol–water partition coefficient (Wildman–Crippen LogP) is 2.72. The Bertz CT molecular complexity index is 361. The highest BCUT2D eigenvalue weighted by Crippen LogP contribution is 2.51. The minimum absolute atomic E-state index is 0.276. The largest absolute Gasteiger partial charge is 0.329 e. The van der Waals surface area contributed by atoms with Crippen molar-refractivity contribution in [3.8, 4) is 0 Å². The normalized spacial score (nSPS) is 17.8. The number of benzene rings is 1. The van der Waals surface area contributed by atoms with Crippen LogP contribution in [0.3, 0.4) is 0 Å². The molecular weight excluding hydrogens is 264 g/mol. The Labute approximate surface area is 106 Å². The molecule has 16 heavy (non-hydrogen) atoms. The van der Waals surface area contributed by atoms with Crippen LogP contribution in [0, 0.1) is 0 Å². The van der Waals surface area contributed by atoms with E-state index in [2.05, 4.69) is 52.0 Å². The molecule has 1 saturated carbocycles. The summed E-state index contributed by atoms with van der Waals surface area (Å²) in [4.78, 5) is 2.51. The topological polar surface area (TPSA) is 29.3 Å². The van der Waals surface area contributed by atoms with E-state index >= 15 is 0 Å². The molecule has 1 aliphatic rings. The molecule has 0 aliphatic heterocycles. The first-order valence-electron chi connectivity index (χ1n) is 5.94. The van der Waals surface area contributed by atoms with Crippen molar-refractivity contribution in [1.82, 2.24) is 4.90 Å². The second kappa shape index (κ2) is 4.86. The number of nitrogens with zero attached hydrogens (tertiary/aromatic N) is 1. The summed E-state index contributed by atoms with van der Waals surface area (Å²) in [5.41, 5.74) is 7.39. The van der Waals surface area contributed by atoms with Crippen LogP contribution < -0.4 is 5.73 Å². The SMILES string of the molecule is CCN(CCN)C1(c2cccc(Br)c2)CC1. The lowest BCUT2D eigenvalue weighted by Gasteiger charge is -2.31. The van der Waals surface area contributed by atoms with Gasteiger partial charge in [-0.15, -0.1) is 0 Å². The Hall–Kier alpha value is -0.380. The minimum Gasteiger partial charge on any atom is -0.329 e. The predicted molar refractivity (Wildman–Crippen MR) is 71.4 cm³/mol. The van der Waals surface area contributed by atoms with Crippen molar-refractivity contribution in [3.63, 3.8) is 0 Å². The molecule has 0 bridgehead atoms. The first-order chi connectivity index (χ1) is 7.73. The Morgan fingerprint density at radius 2 is 2.19 bits per heavy atom. The van der Waals surface area contributed by atoms with E-state index < -0.39 is 0 Å². The van der Waals surface area contributed by atoms with Crippen molar-refractivity contribution in [2.75, 3.05) is 19.6 Å². The van der Waals surface area contributed by atoms with Gasteiger partial charge in [0.25, 0.3) is 0 Å². The fourth-order valence-corrected chi connectivity index (χ4v) is 2.91. The number of likely N-dealkylation sites (N-methyl/N-ethyl adjacent to an activating group) is 1. The molecule has 1 fully saturated rings. The fourth-order valence-electron chi connectivity index (χ4n) is 2.51. The van der Waals surface area contributed by atoms with Gasteiger partial charge in [0.2, 0.25) is 0 Å². The van der Waals surface area contributed by atoms with Crippen LogP contribution in [0.4, 0.5) is 0 Å². The van der Waals surface area contributed by atoms with E-state index in [-0.39, 0.29) is 5.54 Å². The Balaban J connectivity index is 2.24. The maximum Gasteiger partial charge on any atom is 0.0463 e. The Kier molecular flexibility index (Phi) is 3.67. The fraction of sp³-hybridized carbons (Fsp3) is 0.538. The summed E-state index contributed by atoms with van der Waals surface area (Å²) >= 11 is 3.55. The van der Waals surface area contributed by atoms with Crippen molar-refractivity contribution >= 4 is 15.9 Å². The first-order valence-corrected chi connectivity index (χ1v) is 6.73. The number of hydrogen-bond acceptors (Lipinski definition) is 2. The molecule has 2 N–H and O–H groups in total. The number of hydrogen-bond donors (Lipinski definition) is 1. The van der Waals surface area contributed by atoms with Gasteiger partial charge in [-0.25, -0.2) is 0 Å². The molecule has 2 rings (SSSR count). The van der Waals surface area contributed by atoms with E-state index in [0.717, 1.165) is 19.6 Å². The molecule has 3 heteroatoms. The average Bonchev–Trinajstić information content (AvgIpc) is 3.07. The molecule has 0 spiro atoms. The molecule has 1 aliphatic carbocycles. The molecule has 0 heterocycles. The van der Waals surface area contributed by atoms with Gasteiger partial charge >= 0.3 is 0 Å². The van der Waals surface area contributed by atoms with Gasteiger partial charge in [0.05, 0.1) is 0 Å². The highest BCUT2D eigenvalue weighted by molar-refractivity contribution is 9.10. The zero-order chi connectivity index (χ0) is 11.6. The molecular formula is C13H19BrN2. The molecule has 0 amide bonds. The van der Waals surface area contributed by atoms with Gasteiger partial charge in [-0.05, 0) is 37.1 Å². The van der Waals surface area contributed by atoms with Crippen molar-refractivity contribution in [2.24, 2.45) is 5.73 Å². The summed E-state index contributed by atoms with van der Waals surface area (Å²) in [6.07, 6.45) is 2.52. The molecule has 0 unspecified atom stereocenters. The molecule has 1 aromatic carbocycles. The zero-order valence-corrected chi connectivity index (χ0v) is 11.3. The smallest absolute Gasteiger partial charge is 0.0463 e. The molecule has 0 aromatic heterocycles. The van der Waals surface area contributed by atoms with Crippen LogP contribution in [0.1, 0.15) is 25.3 Å². The molecule has 2 nitrogen and oxygen atoms in total. The van der Waals surface area contributed by atoms with E-state index in [0.29, 0.717) is 0 Å². The van der Waals surface area contributed by atoms with E-state index in [1.807, 2.05) is 0 Å². The van der Waals surface area contributed by atoms with E-state index in [1.165, 1.54) is 22.9 Å². The third-order valence-corrected chi connectivity index (χ3v) is 3.96. The lowest BCUT2D eigenvalue weighted by atomic mass is 10.0. The lowest BCUT2D eigenvalue weighted by Crippen LogP contribution is -2.38. The summed E-state index contributed by atoms with van der Waals surface area (Å²) in [6, 6.07) is 8.68. The van der Waals surface area contributed by atoms with Crippen LogP contribution in [-0.2, 0) is 5.54 Å². The quantitative estimate of drug-likeness (QED) is 0.900. The van der Waals surface area contributed by atoms with Crippen molar-refractivity contribution in [3.05, 3.63) is 34.3 Å². The third kappa shape index (κ3) is 2.17. The van der Waals surface area contributed by atoms with Gasteiger partial charge in [-0.2, -0.15) is 0 Å². The number of halogens is 1. The Morgan fingerprint density at radius 1 is 1.44 bits per heavy atom. The van der Waals surface area contributed by atoms with Gasteiger partial charge in [0.1, 0.15) is 0 Å². The standard InChI is InChI=1S/C13H19BrN2/c1-2-16(9-8-15)13(6-7-13)11-4-3-5-12(14)10-11/h3-5,10H,2,6-9,15H2,1H3. The summed E-state index contributed by atoms with van der Waals surface area (Å²) in [7, 11) is 0. The molecule has 0 radical (unpaired) electrons. The number of rotatable bonds is 5. The number of nitrogens with two attached hydrogens (primary N) is 1. The second-order valence-corrected chi connectivity index (χ2v) is 5.33. The van der Waals surface area contributed by atoms with Gasteiger partial charge in [-0.1, -0.05) is 35.0 Å². The zero-order valence-electron chi connectivity index (χ0n) is 9.75. The van der Waals surface area contributed by atoms with Crippen LogP contribution >= 0.6 is 15.9 Å². The molecule has 0 saturated heterocycles. The average molecular weight is 283 g/mol. The first kappa shape index (κ1) is 12.1.